The Morgan fingerprint density at radius 2 is 1.68 bits per heavy atom. The number of hydrogen-bond acceptors (Lipinski definition) is 4. The molecule has 0 aliphatic carbocycles. The number of nitrogens with zero attached hydrogens (tertiary/aromatic N) is 1. The summed E-state index contributed by atoms with van der Waals surface area (Å²) in [5.74, 6) is 0.0669. The van der Waals surface area contributed by atoms with E-state index in [9.17, 15) is 14.4 Å². The van der Waals surface area contributed by atoms with Crippen molar-refractivity contribution < 1.29 is 19.1 Å². The molecular formula is C27H27N3O4. The molecule has 1 aliphatic heterocycles. The van der Waals surface area contributed by atoms with Crippen molar-refractivity contribution in [1.29, 1.82) is 0 Å². The van der Waals surface area contributed by atoms with Crippen LogP contribution >= 0.6 is 0 Å². The molecule has 1 heterocycles. The van der Waals surface area contributed by atoms with Crippen LogP contribution in [0, 0.1) is 0 Å². The van der Waals surface area contributed by atoms with E-state index < -0.39 is 5.54 Å². The van der Waals surface area contributed by atoms with E-state index in [0.29, 0.717) is 29.9 Å². The average Bonchev–Trinajstić information content (AvgIpc) is 2.83. The summed E-state index contributed by atoms with van der Waals surface area (Å²) in [6.07, 6.45) is 0.372. The number of hydrogen-bond donors (Lipinski definition) is 2. The van der Waals surface area contributed by atoms with Gasteiger partial charge in [-0.25, -0.2) is 0 Å². The highest BCUT2D eigenvalue weighted by atomic mass is 16.5. The predicted molar refractivity (Wildman–Crippen MR) is 131 cm³/mol. The number of rotatable bonds is 6. The van der Waals surface area contributed by atoms with Crippen LogP contribution in [0.5, 0.6) is 5.75 Å². The molecule has 0 fully saturated rings. The van der Waals surface area contributed by atoms with Gasteiger partial charge in [-0.3, -0.25) is 19.3 Å². The number of carbonyl (C=O) groups excluding carboxylic acids is 3. The lowest BCUT2D eigenvalue weighted by Gasteiger charge is -2.44. The summed E-state index contributed by atoms with van der Waals surface area (Å²) >= 11 is 0. The summed E-state index contributed by atoms with van der Waals surface area (Å²) in [7, 11) is 1.60. The van der Waals surface area contributed by atoms with Crippen molar-refractivity contribution in [3.63, 3.8) is 0 Å². The van der Waals surface area contributed by atoms with Crippen LogP contribution < -0.4 is 20.3 Å². The molecule has 1 aliphatic rings. The van der Waals surface area contributed by atoms with Gasteiger partial charge in [0.2, 0.25) is 11.8 Å². The van der Waals surface area contributed by atoms with Crippen LogP contribution in [0.4, 0.5) is 11.4 Å². The summed E-state index contributed by atoms with van der Waals surface area (Å²) < 4.78 is 5.19. The number of anilines is 2. The summed E-state index contributed by atoms with van der Waals surface area (Å²) in [6, 6.07) is 21.8. The van der Waals surface area contributed by atoms with Crippen LogP contribution in [-0.4, -0.2) is 30.4 Å². The van der Waals surface area contributed by atoms with Crippen molar-refractivity contribution >= 4 is 29.1 Å². The van der Waals surface area contributed by atoms with Gasteiger partial charge in [0.1, 0.15) is 11.3 Å². The van der Waals surface area contributed by atoms with E-state index in [-0.39, 0.29) is 17.7 Å². The number of benzene rings is 3. The van der Waals surface area contributed by atoms with Crippen molar-refractivity contribution in [3.05, 3.63) is 89.5 Å². The lowest BCUT2D eigenvalue weighted by Crippen LogP contribution is -2.63. The zero-order valence-electron chi connectivity index (χ0n) is 19.4. The molecule has 34 heavy (non-hydrogen) atoms. The van der Waals surface area contributed by atoms with Crippen LogP contribution in [-0.2, 0) is 22.6 Å². The third-order valence-electron chi connectivity index (χ3n) is 6.03. The van der Waals surface area contributed by atoms with Crippen molar-refractivity contribution in [3.8, 4) is 5.75 Å². The Balaban J connectivity index is 1.65. The molecule has 1 atom stereocenters. The van der Waals surface area contributed by atoms with Gasteiger partial charge in [0.15, 0.2) is 0 Å². The Morgan fingerprint density at radius 1 is 1.00 bits per heavy atom. The number of amides is 3. The van der Waals surface area contributed by atoms with Crippen LogP contribution in [0.25, 0.3) is 0 Å². The fourth-order valence-corrected chi connectivity index (χ4v) is 4.27. The molecule has 3 amide bonds. The molecular weight excluding hydrogens is 430 g/mol. The second-order valence-corrected chi connectivity index (χ2v) is 8.51. The Bertz CT molecular complexity index is 1220. The van der Waals surface area contributed by atoms with Gasteiger partial charge in [-0.05, 0) is 60.5 Å². The van der Waals surface area contributed by atoms with E-state index >= 15 is 0 Å². The Labute approximate surface area is 198 Å². The summed E-state index contributed by atoms with van der Waals surface area (Å²) in [4.78, 5) is 40.1. The Kier molecular flexibility index (Phi) is 6.36. The van der Waals surface area contributed by atoms with Crippen LogP contribution in [0.2, 0.25) is 0 Å². The highest BCUT2D eigenvalue weighted by molar-refractivity contribution is 6.14. The zero-order chi connectivity index (χ0) is 24.3. The quantitative estimate of drug-likeness (QED) is 0.587. The average molecular weight is 458 g/mol. The maximum Gasteiger partial charge on any atom is 0.259 e. The first-order valence-electron chi connectivity index (χ1n) is 11.0. The molecule has 0 saturated heterocycles. The standard InChI is InChI=1S/C27H27N3O4/c1-18(31)29-21-10-12-22(13-11-21)30-25(32)24-7-5-4-6-20(24)16-27(30,2)26(33)28-17-19-8-14-23(34-3)15-9-19/h4-15H,16-17H2,1-3H3,(H,28,33)(H,29,31)/t27-/m1/s1. The smallest absolute Gasteiger partial charge is 0.259 e. The number of carbonyl (C=O) groups is 3. The molecule has 0 spiro atoms. The first-order chi connectivity index (χ1) is 16.3. The minimum Gasteiger partial charge on any atom is -0.497 e. The minimum absolute atomic E-state index is 0.182. The van der Waals surface area contributed by atoms with Crippen LogP contribution in [0.1, 0.15) is 35.3 Å². The molecule has 3 aromatic carbocycles. The minimum atomic E-state index is -1.15. The molecule has 7 heteroatoms. The molecule has 0 aromatic heterocycles. The van der Waals surface area contributed by atoms with Gasteiger partial charge in [0, 0.05) is 36.8 Å². The molecule has 2 N–H and O–H groups in total. The summed E-state index contributed by atoms with van der Waals surface area (Å²) in [5, 5.41) is 5.73. The molecule has 0 unspecified atom stereocenters. The molecule has 0 bridgehead atoms. The zero-order valence-corrected chi connectivity index (χ0v) is 19.4. The number of ether oxygens (including phenoxy) is 1. The predicted octanol–water partition coefficient (Wildman–Crippen LogP) is 3.93. The fraction of sp³-hybridized carbons (Fsp3) is 0.222. The van der Waals surface area contributed by atoms with Gasteiger partial charge in [-0.15, -0.1) is 0 Å². The first-order valence-corrected chi connectivity index (χ1v) is 11.0. The fourth-order valence-electron chi connectivity index (χ4n) is 4.27. The van der Waals surface area contributed by atoms with E-state index in [1.54, 1.807) is 49.3 Å². The molecule has 3 aromatic rings. The molecule has 7 nitrogen and oxygen atoms in total. The van der Waals surface area contributed by atoms with E-state index in [2.05, 4.69) is 10.6 Å². The monoisotopic (exact) mass is 457 g/mol. The summed E-state index contributed by atoms with van der Waals surface area (Å²) in [5.41, 5.74) is 2.39. The second kappa shape index (κ2) is 9.39. The molecule has 174 valence electrons. The Morgan fingerprint density at radius 3 is 2.32 bits per heavy atom. The normalized spacial score (nSPS) is 17.0. The number of nitrogens with one attached hydrogen (secondary N) is 2. The highest BCUT2D eigenvalue weighted by Gasteiger charge is 2.47. The molecule has 0 saturated carbocycles. The van der Waals surface area contributed by atoms with Crippen molar-refractivity contribution in [1.82, 2.24) is 5.32 Å². The van der Waals surface area contributed by atoms with Gasteiger partial charge in [-0.1, -0.05) is 30.3 Å². The van der Waals surface area contributed by atoms with Gasteiger partial charge in [0.05, 0.1) is 7.11 Å². The van der Waals surface area contributed by atoms with Gasteiger partial charge < -0.3 is 15.4 Å². The molecule has 0 radical (unpaired) electrons. The maximum absolute atomic E-state index is 13.6. The van der Waals surface area contributed by atoms with Crippen LogP contribution in [0.3, 0.4) is 0 Å². The van der Waals surface area contributed by atoms with Crippen molar-refractivity contribution in [2.45, 2.75) is 32.4 Å². The molecule has 4 rings (SSSR count). The van der Waals surface area contributed by atoms with E-state index in [1.165, 1.54) is 6.92 Å². The summed E-state index contributed by atoms with van der Waals surface area (Å²) in [6.45, 7) is 3.54. The van der Waals surface area contributed by atoms with Gasteiger partial charge >= 0.3 is 0 Å². The first kappa shape index (κ1) is 23.0. The van der Waals surface area contributed by atoms with E-state index in [0.717, 1.165) is 16.9 Å². The SMILES string of the molecule is COc1ccc(CNC(=O)[C@@]2(C)Cc3ccccc3C(=O)N2c2ccc(NC(C)=O)cc2)cc1. The topological polar surface area (TPSA) is 87.7 Å². The van der Waals surface area contributed by atoms with E-state index in [4.69, 9.17) is 4.74 Å². The number of fused-ring (bicyclic) bond motifs is 1. The Hall–Kier alpha value is -4.13. The lowest BCUT2D eigenvalue weighted by molar-refractivity contribution is -0.126. The van der Waals surface area contributed by atoms with Gasteiger partial charge in [0.25, 0.3) is 5.91 Å². The largest absolute Gasteiger partial charge is 0.497 e. The third-order valence-corrected chi connectivity index (χ3v) is 6.03. The van der Waals surface area contributed by atoms with Gasteiger partial charge in [-0.2, -0.15) is 0 Å². The third kappa shape index (κ3) is 4.50. The van der Waals surface area contributed by atoms with Crippen molar-refractivity contribution in [2.24, 2.45) is 0 Å². The highest BCUT2D eigenvalue weighted by Crippen LogP contribution is 2.36. The number of methoxy groups -OCH3 is 1. The van der Waals surface area contributed by atoms with Crippen molar-refractivity contribution in [2.75, 3.05) is 17.3 Å². The lowest BCUT2D eigenvalue weighted by atomic mass is 9.82. The van der Waals surface area contributed by atoms with Crippen LogP contribution in [0.15, 0.2) is 72.8 Å². The van der Waals surface area contributed by atoms with E-state index in [1.807, 2.05) is 42.5 Å². The second-order valence-electron chi connectivity index (χ2n) is 8.51. The maximum atomic E-state index is 13.6.